The van der Waals surface area contributed by atoms with E-state index in [0.717, 1.165) is 16.7 Å². The van der Waals surface area contributed by atoms with Crippen LogP contribution < -0.4 is 15.2 Å². The number of nitriles is 1. The molecule has 1 atom stereocenters. The Bertz CT molecular complexity index is 1710. The van der Waals surface area contributed by atoms with Crippen LogP contribution in [0.3, 0.4) is 0 Å². The predicted octanol–water partition coefficient (Wildman–Crippen LogP) is 4.08. The molecular formula is C29H27FN6O4. The largest absolute Gasteiger partial charge is 0.496 e. The van der Waals surface area contributed by atoms with Crippen LogP contribution >= 0.6 is 0 Å². The molecule has 10 nitrogen and oxygen atoms in total. The third-order valence-electron chi connectivity index (χ3n) is 7.35. The van der Waals surface area contributed by atoms with Gasteiger partial charge < -0.3 is 14.2 Å². The van der Waals surface area contributed by atoms with Crippen LogP contribution in [0.15, 0.2) is 59.4 Å². The average Bonchev–Trinajstić information content (AvgIpc) is 2.96. The zero-order valence-corrected chi connectivity index (χ0v) is 22.3. The Morgan fingerprint density at radius 3 is 2.42 bits per heavy atom. The molecule has 0 radical (unpaired) electrons. The molecule has 1 fully saturated rings. The molecule has 5 rings (SSSR count). The number of ether oxygens (including phenoxy) is 1. The van der Waals surface area contributed by atoms with Gasteiger partial charge in [-0.05, 0) is 48.4 Å². The van der Waals surface area contributed by atoms with E-state index in [1.807, 2.05) is 31.2 Å². The first kappa shape index (κ1) is 26.8. The molecule has 1 aliphatic rings. The minimum absolute atomic E-state index is 0.100. The molecule has 0 bridgehead atoms. The monoisotopic (exact) mass is 542 g/mol. The average molecular weight is 543 g/mol. The summed E-state index contributed by atoms with van der Waals surface area (Å²) in [6, 6.07) is 17.1. The number of rotatable bonds is 6. The van der Waals surface area contributed by atoms with E-state index < -0.39 is 16.2 Å². The van der Waals surface area contributed by atoms with Crippen molar-refractivity contribution in [2.45, 2.75) is 13.0 Å². The Kier molecular flexibility index (Phi) is 7.19. The minimum Gasteiger partial charge on any atom is -0.496 e. The number of fused-ring (bicyclic) bond motifs is 1. The molecule has 204 valence electrons. The van der Waals surface area contributed by atoms with Crippen molar-refractivity contribution in [2.75, 3.05) is 38.2 Å². The standard InChI is InChI=1S/C29H27FN6O4/c1-18-4-10-22(24(16-18)40-3)26(19-5-7-20(30)8-6-19)34-12-14-35(15-13-34)27-25-23(11-9-21(17-31)32-25)33(2)29(37)28(27)36(38)39/h4-11,16,26H,12-15H2,1-3H3. The molecule has 40 heavy (non-hydrogen) atoms. The highest BCUT2D eigenvalue weighted by Gasteiger charge is 2.34. The Morgan fingerprint density at radius 1 is 1.10 bits per heavy atom. The van der Waals surface area contributed by atoms with E-state index in [-0.39, 0.29) is 28.8 Å². The van der Waals surface area contributed by atoms with E-state index in [2.05, 4.69) is 9.88 Å². The van der Waals surface area contributed by atoms with Gasteiger partial charge in [0, 0.05) is 38.8 Å². The van der Waals surface area contributed by atoms with Gasteiger partial charge in [-0.2, -0.15) is 5.26 Å². The smallest absolute Gasteiger partial charge is 0.359 e. The summed E-state index contributed by atoms with van der Waals surface area (Å²) in [6.45, 7) is 3.64. The number of nitro groups is 1. The van der Waals surface area contributed by atoms with Crippen molar-refractivity contribution in [3.8, 4) is 11.8 Å². The topological polar surface area (TPSA) is 118 Å². The first-order valence-electron chi connectivity index (χ1n) is 12.7. The maximum Gasteiger partial charge on any atom is 0.359 e. The number of methoxy groups -OCH3 is 1. The van der Waals surface area contributed by atoms with E-state index in [1.165, 1.54) is 29.8 Å². The predicted molar refractivity (Wildman–Crippen MR) is 148 cm³/mol. The SMILES string of the molecule is COc1cc(C)ccc1C(c1ccc(F)cc1)N1CCN(c2c([N+](=O)[O-])c(=O)n(C)c3ccc(C#N)nc23)CC1. The molecule has 1 unspecified atom stereocenters. The van der Waals surface area contributed by atoms with Crippen molar-refractivity contribution in [1.82, 2.24) is 14.5 Å². The molecule has 1 aliphatic heterocycles. The Morgan fingerprint density at radius 2 is 1.80 bits per heavy atom. The lowest BCUT2D eigenvalue weighted by atomic mass is 9.94. The highest BCUT2D eigenvalue weighted by molar-refractivity contribution is 5.94. The number of aromatic nitrogens is 2. The van der Waals surface area contributed by atoms with Crippen molar-refractivity contribution in [1.29, 1.82) is 5.26 Å². The van der Waals surface area contributed by atoms with Gasteiger partial charge in [0.1, 0.15) is 28.8 Å². The number of nitrogens with zero attached hydrogens (tertiary/aromatic N) is 6. The van der Waals surface area contributed by atoms with Crippen LogP contribution in [0.1, 0.15) is 28.4 Å². The highest BCUT2D eigenvalue weighted by atomic mass is 19.1. The molecule has 2 aromatic heterocycles. The van der Waals surface area contributed by atoms with Crippen molar-refractivity contribution in [3.05, 3.63) is 103 Å². The number of hydrogen-bond acceptors (Lipinski definition) is 8. The Hall–Kier alpha value is -4.82. The summed E-state index contributed by atoms with van der Waals surface area (Å²) in [4.78, 5) is 32.9. The van der Waals surface area contributed by atoms with Crippen molar-refractivity contribution in [3.63, 3.8) is 0 Å². The van der Waals surface area contributed by atoms with Crippen molar-refractivity contribution >= 4 is 22.4 Å². The van der Waals surface area contributed by atoms with Gasteiger partial charge in [0.05, 0.1) is 23.6 Å². The maximum atomic E-state index is 13.8. The van der Waals surface area contributed by atoms with Gasteiger partial charge in [-0.25, -0.2) is 9.37 Å². The zero-order valence-electron chi connectivity index (χ0n) is 22.3. The van der Waals surface area contributed by atoms with Gasteiger partial charge in [-0.1, -0.05) is 24.3 Å². The second kappa shape index (κ2) is 10.7. The van der Waals surface area contributed by atoms with Crippen LogP contribution in [0, 0.1) is 34.2 Å². The summed E-state index contributed by atoms with van der Waals surface area (Å²) in [6.07, 6.45) is 0. The van der Waals surface area contributed by atoms with Gasteiger partial charge in [-0.15, -0.1) is 0 Å². The van der Waals surface area contributed by atoms with Gasteiger partial charge in [0.15, 0.2) is 5.69 Å². The maximum absolute atomic E-state index is 13.8. The first-order chi connectivity index (χ1) is 19.2. The summed E-state index contributed by atoms with van der Waals surface area (Å²) in [5.74, 6) is 0.371. The van der Waals surface area contributed by atoms with Crippen LogP contribution in [0.5, 0.6) is 5.75 Å². The fourth-order valence-electron chi connectivity index (χ4n) is 5.38. The number of aryl methyl sites for hydroxylation is 2. The fraction of sp³-hybridized carbons (Fsp3) is 0.276. The molecule has 0 N–H and O–H groups in total. The second-order valence-corrected chi connectivity index (χ2v) is 9.72. The minimum atomic E-state index is -0.741. The van der Waals surface area contributed by atoms with Crippen LogP contribution in [0.4, 0.5) is 15.8 Å². The molecule has 11 heteroatoms. The molecule has 3 heterocycles. The molecule has 1 saturated heterocycles. The molecule has 0 spiro atoms. The highest BCUT2D eigenvalue weighted by Crippen LogP contribution is 2.38. The van der Waals surface area contributed by atoms with E-state index in [9.17, 15) is 24.6 Å². The lowest BCUT2D eigenvalue weighted by Crippen LogP contribution is -2.48. The normalized spacial score (nSPS) is 14.6. The molecule has 0 saturated carbocycles. The number of anilines is 1. The lowest BCUT2D eigenvalue weighted by Gasteiger charge is -2.40. The van der Waals surface area contributed by atoms with Crippen LogP contribution in [0.25, 0.3) is 11.0 Å². The molecular weight excluding hydrogens is 515 g/mol. The first-order valence-corrected chi connectivity index (χ1v) is 12.7. The number of halogens is 1. The van der Waals surface area contributed by atoms with Gasteiger partial charge in [0.2, 0.25) is 0 Å². The summed E-state index contributed by atoms with van der Waals surface area (Å²) in [7, 11) is 3.07. The van der Waals surface area contributed by atoms with Crippen LogP contribution in [-0.4, -0.2) is 52.7 Å². The van der Waals surface area contributed by atoms with E-state index in [4.69, 9.17) is 4.74 Å². The Labute approximate surface area is 229 Å². The molecule has 2 aromatic carbocycles. The molecule has 4 aromatic rings. The van der Waals surface area contributed by atoms with E-state index in [0.29, 0.717) is 37.4 Å². The van der Waals surface area contributed by atoms with Crippen LogP contribution in [0.2, 0.25) is 0 Å². The summed E-state index contributed by atoms with van der Waals surface area (Å²) >= 11 is 0. The quantitative estimate of drug-likeness (QED) is 0.264. The van der Waals surface area contributed by atoms with E-state index in [1.54, 1.807) is 30.2 Å². The third-order valence-corrected chi connectivity index (χ3v) is 7.35. The fourth-order valence-corrected chi connectivity index (χ4v) is 5.38. The van der Waals surface area contributed by atoms with Gasteiger partial charge in [-0.3, -0.25) is 19.8 Å². The molecule has 0 aliphatic carbocycles. The van der Waals surface area contributed by atoms with Gasteiger partial charge in [0.25, 0.3) is 0 Å². The second-order valence-electron chi connectivity index (χ2n) is 9.72. The van der Waals surface area contributed by atoms with E-state index >= 15 is 0 Å². The number of hydrogen-bond donors (Lipinski definition) is 0. The third kappa shape index (κ3) is 4.74. The zero-order chi connectivity index (χ0) is 28.6. The summed E-state index contributed by atoms with van der Waals surface area (Å²) < 4.78 is 20.7. The molecule has 0 amide bonds. The summed E-state index contributed by atoms with van der Waals surface area (Å²) in [5, 5.41) is 21.5. The Balaban J connectivity index is 1.57. The summed E-state index contributed by atoms with van der Waals surface area (Å²) in [5.41, 5.74) is 2.38. The number of piperazine rings is 1. The number of pyridine rings is 2. The van der Waals surface area contributed by atoms with Gasteiger partial charge >= 0.3 is 11.2 Å². The van der Waals surface area contributed by atoms with Crippen LogP contribution in [-0.2, 0) is 7.05 Å². The number of benzene rings is 2. The lowest BCUT2D eigenvalue weighted by molar-refractivity contribution is -0.385. The van der Waals surface area contributed by atoms with Crippen molar-refractivity contribution < 1.29 is 14.1 Å². The van der Waals surface area contributed by atoms with Crippen molar-refractivity contribution in [2.24, 2.45) is 7.05 Å².